The molecule has 0 aliphatic carbocycles. The lowest BCUT2D eigenvalue weighted by atomic mass is 9.95. The fourth-order valence-electron chi connectivity index (χ4n) is 14.9. The number of aliphatic carboxylic acids is 1. The summed E-state index contributed by atoms with van der Waals surface area (Å²) < 4.78 is 0. The number of nitrogens with two attached hydrogens (primary N) is 6. The third kappa shape index (κ3) is 45.5. The maximum atomic E-state index is 15.2. The number of carboxylic acids is 1. The number of imidazole rings is 1. The molecule has 53 nitrogen and oxygen atoms in total. The number of H-pyrrole nitrogens is 1. The van der Waals surface area contributed by atoms with Crippen LogP contribution in [0, 0.1) is 39.9 Å². The minimum atomic E-state index is -1.98. The summed E-state index contributed by atoms with van der Waals surface area (Å²) in [5.41, 5.74) is 35.4. The van der Waals surface area contributed by atoms with Crippen LogP contribution >= 0.6 is 0 Å². The quantitative estimate of drug-likeness (QED) is 0.0111. The molecule has 147 heavy (non-hydrogen) atoms. The Bertz CT molecular complexity index is 5090. The second-order valence-electron chi connectivity index (χ2n) is 36.8. The Hall–Kier alpha value is -15.6. The lowest BCUT2D eigenvalue weighted by molar-refractivity contribution is -0.142. The molecular formula is C94H147N29O24. The van der Waals surface area contributed by atoms with Gasteiger partial charge in [0, 0.05) is 57.2 Å². The third-order valence-corrected chi connectivity index (χ3v) is 23.4. The lowest BCUT2D eigenvalue weighted by Crippen LogP contribution is -2.63. The number of nitrogens with zero attached hydrogens (tertiary/aromatic N) is 1. The van der Waals surface area contributed by atoms with Crippen molar-refractivity contribution in [1.82, 2.24) is 106 Å². The topological polar surface area (TPSA) is 902 Å². The fraction of sp³-hybridized carbons (Fsp3) is 0.553. The van der Waals surface area contributed by atoms with Crippen LogP contribution in [0.1, 0.15) is 175 Å². The van der Waals surface area contributed by atoms with Gasteiger partial charge in [-0.2, -0.15) is 0 Å². The first-order chi connectivity index (χ1) is 69.2. The number of amides is 17. The van der Waals surface area contributed by atoms with Crippen molar-refractivity contribution >= 4 is 124 Å². The van der Waals surface area contributed by atoms with E-state index in [-0.39, 0.29) is 132 Å². The predicted molar refractivity (Wildman–Crippen MR) is 534 cm³/mol. The number of carboxylic acid groups (broad SMARTS) is 1. The summed E-state index contributed by atoms with van der Waals surface area (Å²) in [7, 11) is 0. The molecule has 0 saturated carbocycles. The summed E-state index contributed by atoms with van der Waals surface area (Å²) in [6.07, 6.45) is -3.20. The minimum absolute atomic E-state index is 0.0178. The number of aromatic hydroxyl groups is 3. The molecule has 4 rings (SSSR count). The highest BCUT2D eigenvalue weighted by Gasteiger charge is 2.42. The number of nitrogens with one attached hydrogen (secondary N) is 22. The van der Waals surface area contributed by atoms with Crippen LogP contribution in [0.2, 0.25) is 0 Å². The molecule has 1 heterocycles. The van der Waals surface area contributed by atoms with Gasteiger partial charge in [0.05, 0.1) is 31.5 Å². The predicted octanol–water partition coefficient (Wildman–Crippen LogP) is -7.01. The van der Waals surface area contributed by atoms with E-state index in [0.29, 0.717) is 16.7 Å². The maximum Gasteiger partial charge on any atom is 0.326 e. The third-order valence-electron chi connectivity index (χ3n) is 23.4. The van der Waals surface area contributed by atoms with E-state index in [9.17, 15) is 107 Å². The Morgan fingerprint density at radius 2 is 0.673 bits per heavy atom. The molecule has 53 heteroatoms. The van der Waals surface area contributed by atoms with E-state index in [1.54, 1.807) is 41.5 Å². The van der Waals surface area contributed by atoms with E-state index in [2.05, 4.69) is 106 Å². The minimum Gasteiger partial charge on any atom is -0.508 e. The van der Waals surface area contributed by atoms with Crippen molar-refractivity contribution in [2.75, 3.05) is 26.2 Å². The number of phenolic OH excluding ortho intramolecular Hbond substituents is 3. The zero-order chi connectivity index (χ0) is 110. The second-order valence-corrected chi connectivity index (χ2v) is 36.8. The second kappa shape index (κ2) is 62.9. The van der Waals surface area contributed by atoms with Crippen molar-refractivity contribution in [3.63, 3.8) is 0 Å². The number of guanidine groups is 3. The molecule has 0 unspecified atom stereocenters. The van der Waals surface area contributed by atoms with Gasteiger partial charge >= 0.3 is 5.97 Å². The van der Waals surface area contributed by atoms with Gasteiger partial charge in [0.1, 0.15) is 108 Å². The van der Waals surface area contributed by atoms with Gasteiger partial charge < -0.3 is 166 Å². The van der Waals surface area contributed by atoms with Crippen LogP contribution in [0.3, 0.4) is 0 Å². The zero-order valence-corrected chi connectivity index (χ0v) is 84.0. The number of carbonyl (C=O) groups is 18. The monoisotopic (exact) mass is 2070 g/mol. The molecule has 0 fully saturated rings. The van der Waals surface area contributed by atoms with E-state index in [1.807, 2.05) is 0 Å². The molecule has 0 bridgehead atoms. The molecule has 0 saturated heterocycles. The van der Waals surface area contributed by atoms with Crippen LogP contribution in [-0.4, -0.2) is 294 Å². The van der Waals surface area contributed by atoms with E-state index < -0.39 is 277 Å². The van der Waals surface area contributed by atoms with Crippen LogP contribution in [0.4, 0.5) is 0 Å². The highest BCUT2D eigenvalue weighted by molar-refractivity contribution is 6.02. The molecule has 0 radical (unpaired) electrons. The number of hydrogen-bond donors (Lipinski definition) is 34. The Labute approximate surface area is 849 Å². The van der Waals surface area contributed by atoms with Crippen LogP contribution in [0.5, 0.6) is 17.2 Å². The summed E-state index contributed by atoms with van der Waals surface area (Å²) >= 11 is 0. The molecule has 4 aromatic rings. The van der Waals surface area contributed by atoms with Crippen molar-refractivity contribution < 1.29 is 117 Å². The molecule has 17 amide bonds. The first-order valence-corrected chi connectivity index (χ1v) is 48.2. The number of rotatable bonds is 66. The number of aliphatic hydroxyl groups is 2. The number of hydrogen-bond acceptors (Lipinski definition) is 28. The molecular weight excluding hydrogens is 1920 g/mol. The highest BCUT2D eigenvalue weighted by atomic mass is 16.4. The Morgan fingerprint density at radius 1 is 0.361 bits per heavy atom. The van der Waals surface area contributed by atoms with Gasteiger partial charge in [0.15, 0.2) is 17.9 Å². The first kappa shape index (κ1) is 124. The fourth-order valence-corrected chi connectivity index (χ4v) is 14.9. The molecule has 0 aliphatic rings. The molecule has 40 N–H and O–H groups in total. The number of benzene rings is 3. The summed E-state index contributed by atoms with van der Waals surface area (Å²) in [5.74, 6) is -23.6. The van der Waals surface area contributed by atoms with Crippen molar-refractivity contribution in [2.45, 2.75) is 281 Å². The number of carbonyl (C=O) groups excluding carboxylic acids is 17. The number of primary amides is 2. The molecule has 1 aromatic heterocycles. The van der Waals surface area contributed by atoms with Gasteiger partial charge in [0.25, 0.3) is 0 Å². The van der Waals surface area contributed by atoms with Gasteiger partial charge in [-0.15, -0.1) is 0 Å². The SMILES string of the molecule is CC[C@H](C)[C@H](NC(=O)[C@H](Cc1ccc(O)cc1)NC(=O)[C@H](Cc1cnc[nH]1)NC(=O)[C@H](CCCNC(=N)N)NC(=O)[C@H](CC(C)C)NC(=O)[C@H](C)NC(=O)[C@H](CO)NC(=O)[C@@H](N)Cc1ccc(O)cc1)C(=O)N[C@@H](CC(N)=O)C(=O)N[C@@H](CC(C)C)C(=O)N[C@H](C(=O)N[C@H](C(=O)N[C@@H](CCCNC(=N)N)C(=O)N[C@@H](CCC(N)=O)C(=O)N[C@@H](CCCNC(=N)N)C(=O)N[C@@H](Cc1ccc(O)cc1)C(=O)O)[C@@H](C)O)[C@@H](C)CC. The van der Waals surface area contributed by atoms with Crippen molar-refractivity contribution in [1.29, 1.82) is 16.2 Å². The van der Waals surface area contributed by atoms with Gasteiger partial charge in [-0.05, 0) is 155 Å². The molecule has 0 aliphatic heterocycles. The highest BCUT2D eigenvalue weighted by Crippen LogP contribution is 2.21. The van der Waals surface area contributed by atoms with Crippen LogP contribution in [0.25, 0.3) is 0 Å². The molecule has 19 atom stereocenters. The Kier molecular flexibility index (Phi) is 52.9. The number of aliphatic hydroxyl groups excluding tert-OH is 2. The smallest absolute Gasteiger partial charge is 0.326 e. The standard InChI is InChI=1S/C94H147N29O24/c1-11-48(7)73(121-86(141)66(39-53-21-27-57(127)28-22-53)116-83(138)67(41-55-43-104-45-108-55)117-79(134)60(16-13-33-105-92(98)99)111-82(137)64(36-46(3)4)114-76(131)50(9)109-87(142)70(44-124)120-77(132)59(95)38-52-19-25-56(126)26-20-52)88(143)118-68(42-72(97)130)84(139)115-65(37-47(5)6)85(140)122-74(49(8)12-2)89(144)123-75(51(10)125)90(145)113-62(18-15-35-107-94(102)103)78(133)112-63(31-32-71(96)129)81(136)110-61(17-14-34-106-93(100)101)80(135)119-69(91(146)147)40-54-23-29-58(128)30-24-54/h19-30,43,45-51,59-70,73-75,124-128H,11-18,31-42,44,95H2,1-10H3,(H2,96,129)(H2,97,130)(H,104,108)(H,109,142)(H,110,136)(H,111,137)(H,112,133)(H,113,145)(H,114,131)(H,115,139)(H,116,138)(H,117,134)(H,118,143)(H,119,135)(H,120,132)(H,121,141)(H,122,140)(H,123,144)(H,146,147)(H4,98,99,105)(H4,100,101,106)(H4,102,103,107)/t48-,49-,50-,51+,59-,60-,61-,62-,63-,64-,65-,66-,67-,68-,69-,70-,73-,74-,75-/m0/s1. The van der Waals surface area contributed by atoms with Crippen LogP contribution < -0.4 is 130 Å². The number of phenols is 3. The zero-order valence-electron chi connectivity index (χ0n) is 84.0. The normalized spacial score (nSPS) is 15.0. The van der Waals surface area contributed by atoms with Crippen LogP contribution in [0.15, 0.2) is 85.3 Å². The first-order valence-electron chi connectivity index (χ1n) is 48.2. The van der Waals surface area contributed by atoms with E-state index in [0.717, 1.165) is 6.92 Å². The lowest BCUT2D eigenvalue weighted by Gasteiger charge is -2.31. The van der Waals surface area contributed by atoms with Crippen molar-refractivity contribution in [2.24, 2.45) is 58.1 Å². The van der Waals surface area contributed by atoms with Gasteiger partial charge in [0.2, 0.25) is 100 Å². The maximum absolute atomic E-state index is 15.2. The summed E-state index contributed by atoms with van der Waals surface area (Å²) in [4.78, 5) is 262. The van der Waals surface area contributed by atoms with Gasteiger partial charge in [-0.3, -0.25) is 97.7 Å². The Balaban J connectivity index is 1.65. The largest absolute Gasteiger partial charge is 0.508 e. The van der Waals surface area contributed by atoms with Crippen molar-refractivity contribution in [3.05, 3.63) is 108 Å². The molecule has 812 valence electrons. The average Bonchev–Trinajstić information content (AvgIpc) is 1.33. The average molecular weight is 2070 g/mol. The van der Waals surface area contributed by atoms with E-state index in [1.165, 1.54) is 106 Å². The van der Waals surface area contributed by atoms with Crippen molar-refractivity contribution in [3.8, 4) is 17.2 Å². The van der Waals surface area contributed by atoms with E-state index in [4.69, 9.17) is 50.6 Å². The number of aromatic amines is 1. The van der Waals surface area contributed by atoms with Gasteiger partial charge in [-0.25, -0.2) is 9.78 Å². The number of aromatic nitrogens is 2. The molecule has 3 aromatic carbocycles. The van der Waals surface area contributed by atoms with Crippen LogP contribution in [-0.2, 0) is 112 Å². The summed E-state index contributed by atoms with van der Waals surface area (Å²) in [5, 5.41) is 130. The van der Waals surface area contributed by atoms with E-state index >= 15 is 9.59 Å². The van der Waals surface area contributed by atoms with Gasteiger partial charge in [-0.1, -0.05) is 105 Å². The summed E-state index contributed by atoms with van der Waals surface area (Å²) in [6, 6.07) is -9.41. The Morgan fingerprint density at radius 3 is 1.05 bits per heavy atom. The molecule has 0 spiro atoms. The summed E-state index contributed by atoms with van der Waals surface area (Å²) in [6.45, 7) is 14.4.